The first-order chi connectivity index (χ1) is 14.7. The van der Waals surface area contributed by atoms with Crippen LogP contribution in [0.1, 0.15) is 5.56 Å². The van der Waals surface area contributed by atoms with Crippen LogP contribution in [-0.2, 0) is 14.3 Å². The summed E-state index contributed by atoms with van der Waals surface area (Å²) >= 11 is 0. The van der Waals surface area contributed by atoms with Crippen LogP contribution in [0.4, 0.5) is 0 Å². The summed E-state index contributed by atoms with van der Waals surface area (Å²) in [5, 5.41) is 0.873. The van der Waals surface area contributed by atoms with Crippen LogP contribution in [0.2, 0.25) is 0 Å². The van der Waals surface area contributed by atoms with Crippen molar-refractivity contribution in [2.45, 2.75) is 0 Å². The van der Waals surface area contributed by atoms with Crippen LogP contribution in [0.3, 0.4) is 0 Å². The van der Waals surface area contributed by atoms with Crippen LogP contribution in [0, 0.1) is 0 Å². The lowest BCUT2D eigenvalue weighted by atomic mass is 10.0. The number of hydrogen-bond donors (Lipinski definition) is 0. The molecular weight excluding hydrogens is 380 g/mol. The largest absolute Gasteiger partial charge is 0.503 e. The van der Waals surface area contributed by atoms with Crippen LogP contribution in [0.15, 0.2) is 89.5 Å². The first-order valence-electron chi connectivity index (χ1n) is 9.37. The number of esters is 1. The van der Waals surface area contributed by atoms with Gasteiger partial charge in [-0.15, -0.1) is 0 Å². The quantitative estimate of drug-likeness (QED) is 0.224. The zero-order valence-corrected chi connectivity index (χ0v) is 16.6. The van der Waals surface area contributed by atoms with Crippen molar-refractivity contribution in [2.24, 2.45) is 0 Å². The number of ether oxygens (including phenoxy) is 3. The summed E-state index contributed by atoms with van der Waals surface area (Å²) in [6.07, 6.45) is 1.36. The Morgan fingerprint density at radius 3 is 2.30 bits per heavy atom. The molecule has 0 saturated carbocycles. The van der Waals surface area contributed by atoms with Crippen LogP contribution in [-0.4, -0.2) is 20.2 Å². The van der Waals surface area contributed by atoms with Gasteiger partial charge in [0.05, 0.1) is 20.5 Å². The molecule has 5 nitrogen and oxygen atoms in total. The maximum atomic E-state index is 12.2. The van der Waals surface area contributed by atoms with Gasteiger partial charge < -0.3 is 18.6 Å². The lowest BCUT2D eigenvalue weighted by Gasteiger charge is -2.06. The molecule has 5 heteroatoms. The number of methoxy groups -OCH3 is 2. The van der Waals surface area contributed by atoms with Crippen molar-refractivity contribution in [1.29, 1.82) is 0 Å². The third-order valence-electron chi connectivity index (χ3n) is 4.59. The summed E-state index contributed by atoms with van der Waals surface area (Å²) in [6, 6.07) is 24.8. The van der Waals surface area contributed by atoms with Gasteiger partial charge in [-0.1, -0.05) is 36.4 Å². The standard InChI is InChI=1S/C25H20O5/c1-27-16-22(25(26)28-2)21-10-6-7-18-15-23(30-24(18)21)17-11-13-20(14-12-17)29-19-8-4-3-5-9-19/h3-16H,1-2H3/b22-16+. The average Bonchev–Trinajstić information content (AvgIpc) is 3.23. The van der Waals surface area contributed by atoms with Gasteiger partial charge in [-0.05, 0) is 42.5 Å². The monoisotopic (exact) mass is 400 g/mol. The van der Waals surface area contributed by atoms with Crippen LogP contribution < -0.4 is 4.74 Å². The Morgan fingerprint density at radius 1 is 0.867 bits per heavy atom. The van der Waals surface area contributed by atoms with E-state index in [0.29, 0.717) is 16.9 Å². The minimum atomic E-state index is -0.496. The summed E-state index contributed by atoms with van der Waals surface area (Å²) in [7, 11) is 2.81. The third-order valence-corrected chi connectivity index (χ3v) is 4.59. The van der Waals surface area contributed by atoms with Crippen LogP contribution in [0.25, 0.3) is 27.9 Å². The van der Waals surface area contributed by atoms with Gasteiger partial charge >= 0.3 is 5.97 Å². The lowest BCUT2D eigenvalue weighted by molar-refractivity contribution is -0.133. The first-order valence-corrected chi connectivity index (χ1v) is 9.37. The minimum Gasteiger partial charge on any atom is -0.503 e. The highest BCUT2D eigenvalue weighted by atomic mass is 16.5. The Labute approximate surface area is 174 Å². The molecule has 4 rings (SSSR count). The molecule has 0 atom stereocenters. The molecular formula is C25H20O5. The molecule has 0 fully saturated rings. The van der Waals surface area contributed by atoms with Crippen molar-refractivity contribution < 1.29 is 23.4 Å². The van der Waals surface area contributed by atoms with E-state index >= 15 is 0 Å². The zero-order chi connectivity index (χ0) is 20.9. The number of hydrogen-bond acceptors (Lipinski definition) is 5. The van der Waals surface area contributed by atoms with Crippen molar-refractivity contribution in [3.8, 4) is 22.8 Å². The Bertz CT molecular complexity index is 1190. The summed E-state index contributed by atoms with van der Waals surface area (Å²) < 4.78 is 21.9. The van der Waals surface area contributed by atoms with Gasteiger partial charge in [0.15, 0.2) is 0 Å². The first kappa shape index (κ1) is 19.3. The number of carbonyl (C=O) groups is 1. The number of furan rings is 1. The number of carbonyl (C=O) groups excluding carboxylic acids is 1. The Kier molecular flexibility index (Phi) is 5.52. The fraction of sp³-hybridized carbons (Fsp3) is 0.0800. The fourth-order valence-corrected chi connectivity index (χ4v) is 3.18. The molecule has 30 heavy (non-hydrogen) atoms. The molecule has 0 bridgehead atoms. The minimum absolute atomic E-state index is 0.290. The molecule has 0 radical (unpaired) electrons. The number of fused-ring (bicyclic) bond motifs is 1. The van der Waals surface area contributed by atoms with Gasteiger partial charge in [0, 0.05) is 16.5 Å². The van der Waals surface area contributed by atoms with E-state index in [1.807, 2.05) is 72.8 Å². The van der Waals surface area contributed by atoms with Crippen molar-refractivity contribution in [1.82, 2.24) is 0 Å². The Hall–Kier alpha value is -3.99. The molecule has 0 saturated heterocycles. The molecule has 4 aromatic rings. The van der Waals surface area contributed by atoms with Crippen molar-refractivity contribution in [3.63, 3.8) is 0 Å². The predicted molar refractivity (Wildman–Crippen MR) is 115 cm³/mol. The number of para-hydroxylation sites is 2. The van der Waals surface area contributed by atoms with Crippen molar-refractivity contribution in [2.75, 3.05) is 14.2 Å². The van der Waals surface area contributed by atoms with E-state index in [1.165, 1.54) is 20.5 Å². The maximum Gasteiger partial charge on any atom is 0.341 e. The summed E-state index contributed by atoms with van der Waals surface area (Å²) in [5.74, 6) is 1.70. The molecule has 0 spiro atoms. The topological polar surface area (TPSA) is 57.9 Å². The smallest absolute Gasteiger partial charge is 0.341 e. The van der Waals surface area contributed by atoms with Gasteiger partial charge in [-0.2, -0.15) is 0 Å². The highest BCUT2D eigenvalue weighted by Crippen LogP contribution is 2.34. The second-order valence-corrected chi connectivity index (χ2v) is 6.53. The molecule has 0 amide bonds. The average molecular weight is 400 g/mol. The van der Waals surface area contributed by atoms with Gasteiger partial charge in [0.2, 0.25) is 0 Å². The highest BCUT2D eigenvalue weighted by Gasteiger charge is 2.19. The lowest BCUT2D eigenvalue weighted by Crippen LogP contribution is -2.04. The molecule has 0 aliphatic heterocycles. The Balaban J connectivity index is 1.67. The van der Waals surface area contributed by atoms with E-state index in [1.54, 1.807) is 6.07 Å². The van der Waals surface area contributed by atoms with E-state index in [4.69, 9.17) is 18.6 Å². The van der Waals surface area contributed by atoms with Crippen LogP contribution in [0.5, 0.6) is 11.5 Å². The highest BCUT2D eigenvalue weighted by molar-refractivity contribution is 6.19. The van der Waals surface area contributed by atoms with Gasteiger partial charge in [0.1, 0.15) is 28.4 Å². The van der Waals surface area contributed by atoms with Gasteiger partial charge in [0.25, 0.3) is 0 Å². The summed E-state index contributed by atoms with van der Waals surface area (Å²) in [4.78, 5) is 12.2. The van der Waals surface area contributed by atoms with E-state index in [9.17, 15) is 4.79 Å². The predicted octanol–water partition coefficient (Wildman–Crippen LogP) is 6.05. The van der Waals surface area contributed by atoms with Gasteiger partial charge in [-0.25, -0.2) is 4.79 Å². The maximum absolute atomic E-state index is 12.2. The molecule has 150 valence electrons. The zero-order valence-electron chi connectivity index (χ0n) is 16.6. The summed E-state index contributed by atoms with van der Waals surface area (Å²) in [5.41, 5.74) is 2.38. The molecule has 1 aromatic heterocycles. The molecule has 0 unspecified atom stereocenters. The third kappa shape index (κ3) is 3.91. The van der Waals surface area contributed by atoms with E-state index in [0.717, 1.165) is 22.4 Å². The fourth-order valence-electron chi connectivity index (χ4n) is 3.18. The van der Waals surface area contributed by atoms with E-state index in [-0.39, 0.29) is 5.57 Å². The van der Waals surface area contributed by atoms with Crippen molar-refractivity contribution >= 4 is 22.5 Å². The number of rotatable bonds is 6. The molecule has 1 heterocycles. The van der Waals surface area contributed by atoms with E-state index in [2.05, 4.69) is 0 Å². The molecule has 0 N–H and O–H groups in total. The molecule has 0 aliphatic carbocycles. The van der Waals surface area contributed by atoms with Gasteiger partial charge in [-0.3, -0.25) is 0 Å². The second kappa shape index (κ2) is 8.57. The Morgan fingerprint density at radius 2 is 1.60 bits per heavy atom. The van der Waals surface area contributed by atoms with Crippen molar-refractivity contribution in [3.05, 3.63) is 90.7 Å². The van der Waals surface area contributed by atoms with Crippen LogP contribution >= 0.6 is 0 Å². The molecule has 3 aromatic carbocycles. The van der Waals surface area contributed by atoms with E-state index < -0.39 is 5.97 Å². The normalized spacial score (nSPS) is 11.3. The summed E-state index contributed by atoms with van der Waals surface area (Å²) in [6.45, 7) is 0. The SMILES string of the molecule is CO/C=C(/C(=O)OC)c1cccc2cc(-c3ccc(Oc4ccccc4)cc3)oc12. The second-order valence-electron chi connectivity index (χ2n) is 6.53. The number of benzene rings is 3. The molecule has 0 aliphatic rings.